The first kappa shape index (κ1) is 22.8. The number of amides is 1. The van der Waals surface area contributed by atoms with E-state index in [1.165, 1.54) is 4.31 Å². The molecule has 1 N–H and O–H groups in total. The summed E-state index contributed by atoms with van der Waals surface area (Å²) in [6.07, 6.45) is 0. The number of sulfonamides is 1. The van der Waals surface area contributed by atoms with Gasteiger partial charge in [0.2, 0.25) is 0 Å². The number of hydrogen-bond donors (Lipinski definition) is 1. The van der Waals surface area contributed by atoms with E-state index >= 15 is 0 Å². The minimum atomic E-state index is -3.77. The Bertz CT molecular complexity index is 1340. The predicted molar refractivity (Wildman–Crippen MR) is 135 cm³/mol. The first-order valence-electron chi connectivity index (χ1n) is 10.2. The van der Waals surface area contributed by atoms with E-state index in [4.69, 9.17) is 0 Å². The third kappa shape index (κ3) is 5.50. The molecule has 0 saturated heterocycles. The number of hydrogen-bond acceptors (Lipinski definition) is 3. The van der Waals surface area contributed by atoms with Crippen LogP contribution in [-0.4, -0.2) is 14.3 Å². The molecule has 4 aromatic carbocycles. The summed E-state index contributed by atoms with van der Waals surface area (Å²) in [7, 11) is -3.77. The van der Waals surface area contributed by atoms with Crippen LogP contribution in [0.3, 0.4) is 0 Å². The normalized spacial score (nSPS) is 11.1. The molecule has 0 unspecified atom stereocenters. The lowest BCUT2D eigenvalue weighted by molar-refractivity contribution is 0.102. The van der Waals surface area contributed by atoms with Crippen molar-refractivity contribution >= 4 is 43.2 Å². The minimum absolute atomic E-state index is 0.134. The van der Waals surface area contributed by atoms with Gasteiger partial charge in [-0.25, -0.2) is 8.42 Å². The third-order valence-corrected chi connectivity index (χ3v) is 7.28. The highest BCUT2D eigenvalue weighted by Gasteiger charge is 2.25. The molecule has 0 aliphatic heterocycles. The monoisotopic (exact) mass is 520 g/mol. The Balaban J connectivity index is 1.58. The Kier molecular flexibility index (Phi) is 6.91. The van der Waals surface area contributed by atoms with Crippen molar-refractivity contribution in [3.8, 4) is 0 Å². The number of carbonyl (C=O) groups excluding carboxylic acids is 1. The zero-order valence-corrected chi connectivity index (χ0v) is 20.0. The molecule has 0 atom stereocenters. The molecule has 0 aliphatic carbocycles. The lowest BCUT2D eigenvalue weighted by Gasteiger charge is -2.25. The summed E-state index contributed by atoms with van der Waals surface area (Å²) in [6.45, 7) is 0.134. The van der Waals surface area contributed by atoms with E-state index < -0.39 is 10.0 Å². The van der Waals surface area contributed by atoms with Crippen molar-refractivity contribution in [2.24, 2.45) is 0 Å². The first-order valence-corrected chi connectivity index (χ1v) is 12.5. The van der Waals surface area contributed by atoms with Crippen molar-refractivity contribution in [3.63, 3.8) is 0 Å². The lowest BCUT2D eigenvalue weighted by Crippen LogP contribution is -2.30. The van der Waals surface area contributed by atoms with Gasteiger partial charge >= 0.3 is 0 Å². The Labute approximate surface area is 201 Å². The predicted octanol–water partition coefficient (Wildman–Crippen LogP) is 6.10. The first-order chi connectivity index (χ1) is 15.9. The largest absolute Gasteiger partial charge is 0.322 e. The third-order valence-electron chi connectivity index (χ3n) is 5.00. The van der Waals surface area contributed by atoms with E-state index in [9.17, 15) is 13.2 Å². The summed E-state index contributed by atoms with van der Waals surface area (Å²) in [5, 5.41) is 2.86. The maximum atomic E-state index is 13.4. The quantitative estimate of drug-likeness (QED) is 0.320. The standard InChI is InChI=1S/C26H21BrN2O3S/c27-22-8-7-9-23(18-22)28-26(30)21-16-14-20(15-17-21)19-29(24-10-3-1-4-11-24)33(31,32)25-12-5-2-6-13-25/h1-18H,19H2,(H,28,30). The van der Waals surface area contributed by atoms with E-state index in [2.05, 4.69) is 21.2 Å². The van der Waals surface area contributed by atoms with Gasteiger partial charge in [-0.3, -0.25) is 9.10 Å². The van der Waals surface area contributed by atoms with Gasteiger partial charge in [0.1, 0.15) is 0 Å². The summed E-state index contributed by atoms with van der Waals surface area (Å²) < 4.78 is 29.0. The van der Waals surface area contributed by atoms with Crippen molar-refractivity contribution in [3.05, 3.63) is 125 Å². The number of nitrogens with zero attached hydrogens (tertiary/aromatic N) is 1. The van der Waals surface area contributed by atoms with E-state index in [0.717, 1.165) is 10.0 Å². The van der Waals surface area contributed by atoms with Gasteiger partial charge < -0.3 is 5.32 Å². The van der Waals surface area contributed by atoms with E-state index in [1.54, 1.807) is 78.9 Å². The van der Waals surface area contributed by atoms with Crippen LogP contribution in [0.4, 0.5) is 11.4 Å². The molecule has 7 heteroatoms. The van der Waals surface area contributed by atoms with Crippen molar-refractivity contribution in [2.75, 3.05) is 9.62 Å². The Hall–Kier alpha value is -3.42. The van der Waals surface area contributed by atoms with Gasteiger partial charge in [-0.15, -0.1) is 0 Å². The second-order valence-corrected chi connectivity index (χ2v) is 10.1. The Morgan fingerprint density at radius 2 is 1.42 bits per heavy atom. The summed E-state index contributed by atoms with van der Waals surface area (Å²) in [4.78, 5) is 12.8. The second-order valence-electron chi connectivity index (χ2n) is 7.32. The summed E-state index contributed by atoms with van der Waals surface area (Å²) in [6, 6.07) is 31.6. The number of carbonyl (C=O) groups is 1. The molecular weight excluding hydrogens is 500 g/mol. The Morgan fingerprint density at radius 1 is 0.788 bits per heavy atom. The number of benzene rings is 4. The highest BCUT2D eigenvalue weighted by Crippen LogP contribution is 2.26. The highest BCUT2D eigenvalue weighted by atomic mass is 79.9. The van der Waals surface area contributed by atoms with Gasteiger partial charge in [0, 0.05) is 15.7 Å². The maximum Gasteiger partial charge on any atom is 0.264 e. The molecule has 33 heavy (non-hydrogen) atoms. The molecule has 0 aliphatic rings. The zero-order chi connectivity index (χ0) is 23.3. The van der Waals surface area contributed by atoms with Crippen molar-refractivity contribution in [1.29, 1.82) is 0 Å². The van der Waals surface area contributed by atoms with Gasteiger partial charge in [-0.05, 0) is 60.2 Å². The average Bonchev–Trinajstić information content (AvgIpc) is 2.84. The molecular formula is C26H21BrN2O3S. The molecule has 0 saturated carbocycles. The molecule has 166 valence electrons. The van der Waals surface area contributed by atoms with Crippen LogP contribution < -0.4 is 9.62 Å². The molecule has 0 bridgehead atoms. The number of halogens is 1. The molecule has 0 heterocycles. The van der Waals surface area contributed by atoms with Crippen LogP contribution in [0.1, 0.15) is 15.9 Å². The van der Waals surface area contributed by atoms with Crippen LogP contribution in [0.2, 0.25) is 0 Å². The van der Waals surface area contributed by atoms with Crippen LogP contribution in [0.15, 0.2) is 119 Å². The fraction of sp³-hybridized carbons (Fsp3) is 0.0385. The van der Waals surface area contributed by atoms with Crippen molar-refractivity contribution in [1.82, 2.24) is 0 Å². The van der Waals surface area contributed by atoms with Gasteiger partial charge in [0.05, 0.1) is 17.1 Å². The van der Waals surface area contributed by atoms with Crippen LogP contribution in [0.5, 0.6) is 0 Å². The van der Waals surface area contributed by atoms with Crippen molar-refractivity contribution < 1.29 is 13.2 Å². The van der Waals surface area contributed by atoms with Crippen LogP contribution >= 0.6 is 15.9 Å². The topological polar surface area (TPSA) is 66.5 Å². The minimum Gasteiger partial charge on any atom is -0.322 e. The van der Waals surface area contributed by atoms with E-state index in [-0.39, 0.29) is 17.3 Å². The van der Waals surface area contributed by atoms with E-state index in [1.807, 2.05) is 30.3 Å². The molecule has 0 aromatic heterocycles. The maximum absolute atomic E-state index is 13.4. The van der Waals surface area contributed by atoms with Crippen molar-refractivity contribution in [2.45, 2.75) is 11.4 Å². The fourth-order valence-electron chi connectivity index (χ4n) is 3.33. The number of anilines is 2. The summed E-state index contributed by atoms with van der Waals surface area (Å²) in [5.41, 5.74) is 2.49. The zero-order valence-electron chi connectivity index (χ0n) is 17.6. The van der Waals surface area contributed by atoms with E-state index in [0.29, 0.717) is 16.9 Å². The molecule has 5 nitrogen and oxygen atoms in total. The second kappa shape index (κ2) is 10.0. The van der Waals surface area contributed by atoms with Crippen LogP contribution in [0.25, 0.3) is 0 Å². The SMILES string of the molecule is O=C(Nc1cccc(Br)c1)c1ccc(CN(c2ccccc2)S(=O)(=O)c2ccccc2)cc1. The lowest BCUT2D eigenvalue weighted by atomic mass is 10.1. The molecule has 0 spiro atoms. The summed E-state index contributed by atoms with van der Waals surface area (Å²) in [5.74, 6) is -0.239. The van der Waals surface area contributed by atoms with Crippen LogP contribution in [-0.2, 0) is 16.6 Å². The number of nitrogens with one attached hydrogen (secondary N) is 1. The van der Waals surface area contributed by atoms with Gasteiger partial charge in [0.25, 0.3) is 15.9 Å². The smallest absolute Gasteiger partial charge is 0.264 e. The molecule has 4 rings (SSSR count). The Morgan fingerprint density at radius 3 is 2.06 bits per heavy atom. The molecule has 0 radical (unpaired) electrons. The van der Waals surface area contributed by atoms with Crippen LogP contribution in [0, 0.1) is 0 Å². The average molecular weight is 521 g/mol. The van der Waals surface area contributed by atoms with Gasteiger partial charge in [0.15, 0.2) is 0 Å². The molecule has 1 amide bonds. The van der Waals surface area contributed by atoms with Gasteiger partial charge in [-0.1, -0.05) is 70.5 Å². The molecule has 4 aromatic rings. The summed E-state index contributed by atoms with van der Waals surface area (Å²) >= 11 is 3.39. The number of rotatable bonds is 7. The van der Waals surface area contributed by atoms with Gasteiger partial charge in [-0.2, -0.15) is 0 Å². The number of para-hydroxylation sites is 1. The fourth-order valence-corrected chi connectivity index (χ4v) is 5.20. The molecule has 0 fully saturated rings. The highest BCUT2D eigenvalue weighted by molar-refractivity contribution is 9.10.